The Morgan fingerprint density at radius 3 is 2.37 bits per heavy atom. The molecule has 104 valence electrons. The zero-order valence-electron chi connectivity index (χ0n) is 10.6. The van der Waals surface area contributed by atoms with Gasteiger partial charge in [-0.15, -0.1) is 0 Å². The Balaban J connectivity index is 2.17. The Hall–Kier alpha value is -1.27. The summed E-state index contributed by atoms with van der Waals surface area (Å²) in [5, 5.41) is 9.21. The Labute approximate surface area is 116 Å². The van der Waals surface area contributed by atoms with E-state index in [0.717, 1.165) is 12.1 Å². The van der Waals surface area contributed by atoms with Gasteiger partial charge in [0.15, 0.2) is 0 Å². The molecule has 0 aliphatic heterocycles. The average Bonchev–Trinajstić information content (AvgIpc) is 2.25. The van der Waals surface area contributed by atoms with Crippen molar-refractivity contribution in [2.45, 2.75) is 18.9 Å². The second kappa shape index (κ2) is 5.38. The molecule has 0 saturated heterocycles. The molecule has 1 saturated carbocycles. The van der Waals surface area contributed by atoms with E-state index in [9.17, 15) is 13.9 Å². The maximum absolute atomic E-state index is 13.9. The fourth-order valence-corrected chi connectivity index (χ4v) is 2.52. The quantitative estimate of drug-likeness (QED) is 0.829. The first kappa shape index (κ1) is 14.1. The minimum absolute atomic E-state index is 0.0332. The average molecular weight is 286 g/mol. The van der Waals surface area contributed by atoms with E-state index in [1.165, 1.54) is 4.90 Å². The van der Waals surface area contributed by atoms with Crippen molar-refractivity contribution in [1.82, 2.24) is 0 Å². The van der Waals surface area contributed by atoms with Crippen LogP contribution in [0.5, 0.6) is 0 Å². The van der Waals surface area contributed by atoms with Crippen LogP contribution in [0.25, 0.3) is 0 Å². The van der Waals surface area contributed by atoms with Crippen LogP contribution in [0.1, 0.15) is 18.4 Å². The summed E-state index contributed by atoms with van der Waals surface area (Å²) in [4.78, 5) is 1.50. The zero-order valence-corrected chi connectivity index (χ0v) is 11.4. The molecule has 1 aromatic carbocycles. The second-order valence-corrected chi connectivity index (χ2v) is 5.46. The summed E-state index contributed by atoms with van der Waals surface area (Å²) in [5.41, 5.74) is 5.46. The smallest absolute Gasteiger partial charge is 0.150 e. The second-order valence-electron chi connectivity index (χ2n) is 5.02. The van der Waals surface area contributed by atoms with Crippen molar-refractivity contribution in [3.63, 3.8) is 0 Å². The van der Waals surface area contributed by atoms with Gasteiger partial charge in [-0.05, 0) is 30.9 Å². The Morgan fingerprint density at radius 2 is 1.95 bits per heavy atom. The number of anilines is 1. The van der Waals surface area contributed by atoms with Gasteiger partial charge in [-0.25, -0.2) is 8.78 Å². The monoisotopic (exact) mass is 286 g/mol. The summed E-state index contributed by atoms with van der Waals surface area (Å²) in [6.07, 6.45) is 1.09. The number of nitrogens with two attached hydrogens (primary N) is 1. The molecule has 0 unspecified atom stereocenters. The number of hydrogen-bond donors (Lipinski definition) is 2. The molecule has 1 aliphatic carbocycles. The highest BCUT2D eigenvalue weighted by molar-refractivity contribution is 7.80. The van der Waals surface area contributed by atoms with Gasteiger partial charge in [-0.1, -0.05) is 12.2 Å². The molecule has 0 aromatic heterocycles. The molecule has 0 amide bonds. The number of aliphatic hydroxyl groups is 1. The van der Waals surface area contributed by atoms with Crippen molar-refractivity contribution in [3.05, 3.63) is 29.3 Å². The third-order valence-electron chi connectivity index (χ3n) is 3.43. The number of thiocarbonyl (C=S) groups is 1. The SMILES string of the molecule is CN(CC1CC(O)C1)c1c(F)cc(C(N)=S)cc1F. The van der Waals surface area contributed by atoms with Crippen molar-refractivity contribution in [3.8, 4) is 0 Å². The van der Waals surface area contributed by atoms with Crippen LogP contribution in [0.3, 0.4) is 0 Å². The predicted molar refractivity (Wildman–Crippen MR) is 74.2 cm³/mol. The van der Waals surface area contributed by atoms with Crippen molar-refractivity contribution >= 4 is 22.9 Å². The summed E-state index contributed by atoms with van der Waals surface area (Å²) in [6, 6.07) is 2.29. The van der Waals surface area contributed by atoms with E-state index in [0.29, 0.717) is 19.4 Å². The van der Waals surface area contributed by atoms with Gasteiger partial charge < -0.3 is 15.7 Å². The van der Waals surface area contributed by atoms with Crippen LogP contribution in [0, 0.1) is 17.6 Å². The first-order chi connectivity index (χ1) is 8.88. The lowest BCUT2D eigenvalue weighted by Crippen LogP contribution is -2.37. The molecule has 1 aliphatic rings. The molecule has 2 rings (SSSR count). The summed E-state index contributed by atoms with van der Waals surface area (Å²) >= 11 is 4.70. The normalized spacial score (nSPS) is 21.9. The number of nitrogens with zero attached hydrogens (tertiary/aromatic N) is 1. The number of benzene rings is 1. The lowest BCUT2D eigenvalue weighted by atomic mass is 9.82. The largest absolute Gasteiger partial charge is 0.393 e. The Morgan fingerprint density at radius 1 is 1.42 bits per heavy atom. The molecule has 6 heteroatoms. The minimum Gasteiger partial charge on any atom is -0.393 e. The lowest BCUT2D eigenvalue weighted by molar-refractivity contribution is 0.0464. The van der Waals surface area contributed by atoms with Crippen LogP contribution in [-0.4, -0.2) is 29.8 Å². The molecule has 3 N–H and O–H groups in total. The number of rotatable bonds is 4. The molecular formula is C13H16F2N2OS. The minimum atomic E-state index is -0.676. The van der Waals surface area contributed by atoms with Gasteiger partial charge in [0.2, 0.25) is 0 Å². The third-order valence-corrected chi connectivity index (χ3v) is 3.66. The highest BCUT2D eigenvalue weighted by atomic mass is 32.1. The number of aliphatic hydroxyl groups excluding tert-OH is 1. The fourth-order valence-electron chi connectivity index (χ4n) is 2.40. The molecule has 3 nitrogen and oxygen atoms in total. The van der Waals surface area contributed by atoms with E-state index in [4.69, 9.17) is 18.0 Å². The molecular weight excluding hydrogens is 270 g/mol. The van der Waals surface area contributed by atoms with Gasteiger partial charge in [0.05, 0.1) is 6.10 Å². The molecule has 19 heavy (non-hydrogen) atoms. The first-order valence-electron chi connectivity index (χ1n) is 6.06. The summed E-state index contributed by atoms with van der Waals surface area (Å²) in [7, 11) is 1.63. The van der Waals surface area contributed by atoms with Gasteiger partial charge >= 0.3 is 0 Å². The maximum Gasteiger partial charge on any atom is 0.150 e. The van der Waals surface area contributed by atoms with Gasteiger partial charge in [0.1, 0.15) is 22.3 Å². The molecule has 0 heterocycles. The molecule has 0 spiro atoms. The van der Waals surface area contributed by atoms with Crippen LogP contribution in [0.4, 0.5) is 14.5 Å². The van der Waals surface area contributed by atoms with Crippen molar-refractivity contribution < 1.29 is 13.9 Å². The lowest BCUT2D eigenvalue weighted by Gasteiger charge is -2.35. The van der Waals surface area contributed by atoms with Crippen molar-refractivity contribution in [1.29, 1.82) is 0 Å². The fraction of sp³-hybridized carbons (Fsp3) is 0.462. The van der Waals surface area contributed by atoms with E-state index in [1.54, 1.807) is 7.05 Å². The molecule has 0 bridgehead atoms. The number of hydrogen-bond acceptors (Lipinski definition) is 3. The maximum atomic E-state index is 13.9. The van der Waals surface area contributed by atoms with Crippen LogP contribution >= 0.6 is 12.2 Å². The van der Waals surface area contributed by atoms with E-state index >= 15 is 0 Å². The summed E-state index contributed by atoms with van der Waals surface area (Å²) in [5.74, 6) is -1.08. The highest BCUT2D eigenvalue weighted by Crippen LogP contribution is 2.31. The predicted octanol–water partition coefficient (Wildman–Crippen LogP) is 1.81. The highest BCUT2D eigenvalue weighted by Gasteiger charge is 2.29. The van der Waals surface area contributed by atoms with Crippen molar-refractivity contribution in [2.24, 2.45) is 11.7 Å². The van der Waals surface area contributed by atoms with E-state index in [-0.39, 0.29) is 28.3 Å². The van der Waals surface area contributed by atoms with Gasteiger partial charge in [-0.3, -0.25) is 0 Å². The molecule has 1 aromatic rings. The van der Waals surface area contributed by atoms with Gasteiger partial charge in [-0.2, -0.15) is 0 Å². The topological polar surface area (TPSA) is 49.5 Å². The van der Waals surface area contributed by atoms with Gasteiger partial charge in [0.25, 0.3) is 0 Å². The van der Waals surface area contributed by atoms with E-state index in [2.05, 4.69) is 0 Å². The third kappa shape index (κ3) is 3.01. The van der Waals surface area contributed by atoms with Crippen LogP contribution < -0.4 is 10.6 Å². The van der Waals surface area contributed by atoms with Crippen LogP contribution in [0.2, 0.25) is 0 Å². The molecule has 0 atom stereocenters. The van der Waals surface area contributed by atoms with Gasteiger partial charge in [0, 0.05) is 19.2 Å². The van der Waals surface area contributed by atoms with E-state index in [1.807, 2.05) is 0 Å². The Bertz CT molecular complexity index is 480. The van der Waals surface area contributed by atoms with E-state index < -0.39 is 11.6 Å². The standard InChI is InChI=1S/C13H16F2N2OS/c1-17(6-7-2-9(18)3-7)12-10(14)4-8(13(16)19)5-11(12)15/h4-5,7,9,18H,2-3,6H2,1H3,(H2,16,19). The molecule has 0 radical (unpaired) electrons. The summed E-state index contributed by atoms with van der Waals surface area (Å²) in [6.45, 7) is 0.511. The Kier molecular flexibility index (Phi) is 4.01. The van der Waals surface area contributed by atoms with Crippen LogP contribution in [-0.2, 0) is 0 Å². The number of halogens is 2. The van der Waals surface area contributed by atoms with Crippen molar-refractivity contribution in [2.75, 3.05) is 18.5 Å². The molecule has 1 fully saturated rings. The zero-order chi connectivity index (χ0) is 14.2. The summed E-state index contributed by atoms with van der Waals surface area (Å²) < 4.78 is 27.8. The first-order valence-corrected chi connectivity index (χ1v) is 6.47. The van der Waals surface area contributed by atoms with Crippen LogP contribution in [0.15, 0.2) is 12.1 Å².